The number of unbranched alkanes of at least 4 members (excludes halogenated alkanes) is 7. The maximum Gasteiger partial charge on any atom is 0.310 e. The van der Waals surface area contributed by atoms with Crippen molar-refractivity contribution < 1.29 is 9.53 Å². The fraction of sp³-hybridized carbons (Fsp3) is 0.773. The van der Waals surface area contributed by atoms with Crippen molar-refractivity contribution in [2.75, 3.05) is 0 Å². The van der Waals surface area contributed by atoms with Crippen LogP contribution in [0.1, 0.15) is 97.3 Å². The van der Waals surface area contributed by atoms with Crippen molar-refractivity contribution in [1.29, 1.82) is 0 Å². The summed E-state index contributed by atoms with van der Waals surface area (Å²) in [4.78, 5) is 11.7. The van der Waals surface area contributed by atoms with Gasteiger partial charge in [-0.25, -0.2) is 0 Å². The Morgan fingerprint density at radius 1 is 0.917 bits per heavy atom. The van der Waals surface area contributed by atoms with E-state index < -0.39 is 0 Å². The van der Waals surface area contributed by atoms with Crippen LogP contribution in [0.3, 0.4) is 0 Å². The standard InChI is InChI=1S/C22H38O2/c1-3-5-7-9-10-12-14-18-24-22(23)17-16-21-19-20(21)15-13-11-8-6-4-2/h10,12,14,18,20-21H,3-9,11,13,15-17,19H2,1-2H3/b12-10-,18-14-/t20-,21-/m0/s1. The third-order valence-electron chi connectivity index (χ3n) is 4.97. The zero-order valence-electron chi connectivity index (χ0n) is 16.0. The van der Waals surface area contributed by atoms with Gasteiger partial charge in [-0.1, -0.05) is 77.4 Å². The SMILES string of the molecule is CCCCC/C=C\C=C/OC(=O)CC[C@H]1C[C@@H]1CCCCCCC. The molecule has 0 saturated heterocycles. The molecule has 0 radical (unpaired) electrons. The second-order valence-electron chi connectivity index (χ2n) is 7.24. The van der Waals surface area contributed by atoms with Crippen molar-refractivity contribution in [3.05, 3.63) is 24.5 Å². The molecule has 138 valence electrons. The first-order valence-electron chi connectivity index (χ1n) is 10.3. The Kier molecular flexibility index (Phi) is 12.5. The Bertz CT molecular complexity index is 370. The second kappa shape index (κ2) is 14.3. The number of rotatable bonds is 15. The minimum atomic E-state index is -0.0840. The van der Waals surface area contributed by atoms with Crippen LogP contribution in [0.5, 0.6) is 0 Å². The summed E-state index contributed by atoms with van der Waals surface area (Å²) in [6.45, 7) is 4.47. The van der Waals surface area contributed by atoms with Gasteiger partial charge in [0.05, 0.1) is 6.26 Å². The third kappa shape index (κ3) is 11.5. The molecule has 1 rings (SSSR count). The minimum absolute atomic E-state index is 0.0840. The highest BCUT2D eigenvalue weighted by atomic mass is 16.5. The lowest BCUT2D eigenvalue weighted by Crippen LogP contribution is -2.00. The number of hydrogen-bond acceptors (Lipinski definition) is 2. The van der Waals surface area contributed by atoms with Gasteiger partial charge in [-0.3, -0.25) is 4.79 Å². The van der Waals surface area contributed by atoms with E-state index in [1.807, 2.05) is 12.2 Å². The van der Waals surface area contributed by atoms with Crippen LogP contribution in [0.2, 0.25) is 0 Å². The molecule has 0 aromatic heterocycles. The minimum Gasteiger partial charge on any atom is -0.434 e. The molecule has 0 bridgehead atoms. The molecule has 0 aliphatic heterocycles. The van der Waals surface area contributed by atoms with Crippen LogP contribution in [-0.2, 0) is 9.53 Å². The number of carbonyl (C=O) groups is 1. The van der Waals surface area contributed by atoms with E-state index in [2.05, 4.69) is 19.9 Å². The molecule has 2 heteroatoms. The average Bonchev–Trinajstić information content (AvgIpc) is 3.33. The monoisotopic (exact) mass is 334 g/mol. The van der Waals surface area contributed by atoms with Crippen molar-refractivity contribution >= 4 is 5.97 Å². The molecule has 0 N–H and O–H groups in total. The highest BCUT2D eigenvalue weighted by Crippen LogP contribution is 2.45. The number of allylic oxidation sites excluding steroid dienone is 3. The molecule has 0 aromatic rings. The van der Waals surface area contributed by atoms with Gasteiger partial charge in [0, 0.05) is 6.42 Å². The van der Waals surface area contributed by atoms with E-state index in [0.717, 1.165) is 24.7 Å². The fourth-order valence-corrected chi connectivity index (χ4v) is 3.24. The molecule has 0 spiro atoms. The molecule has 1 saturated carbocycles. The molecule has 1 aliphatic carbocycles. The molecular weight excluding hydrogens is 296 g/mol. The summed E-state index contributed by atoms with van der Waals surface area (Å²) in [7, 11) is 0. The van der Waals surface area contributed by atoms with E-state index in [1.165, 1.54) is 70.5 Å². The summed E-state index contributed by atoms with van der Waals surface area (Å²) in [5, 5.41) is 0. The summed E-state index contributed by atoms with van der Waals surface area (Å²) < 4.78 is 5.14. The first-order valence-corrected chi connectivity index (χ1v) is 10.3. The Hall–Kier alpha value is -1.05. The number of ether oxygens (including phenoxy) is 1. The van der Waals surface area contributed by atoms with Crippen molar-refractivity contribution in [3.63, 3.8) is 0 Å². The highest BCUT2D eigenvalue weighted by molar-refractivity contribution is 5.70. The molecule has 0 unspecified atom stereocenters. The quantitative estimate of drug-likeness (QED) is 0.140. The van der Waals surface area contributed by atoms with E-state index in [0.29, 0.717) is 6.42 Å². The molecule has 1 aliphatic rings. The smallest absolute Gasteiger partial charge is 0.310 e. The molecule has 24 heavy (non-hydrogen) atoms. The van der Waals surface area contributed by atoms with Crippen molar-refractivity contribution in [3.8, 4) is 0 Å². The van der Waals surface area contributed by atoms with Crippen LogP contribution in [0, 0.1) is 11.8 Å². The van der Waals surface area contributed by atoms with Gasteiger partial charge in [0.2, 0.25) is 0 Å². The first kappa shape index (κ1) is 21.0. The first-order chi connectivity index (χ1) is 11.8. The third-order valence-corrected chi connectivity index (χ3v) is 4.97. The van der Waals surface area contributed by atoms with Gasteiger partial charge in [0.1, 0.15) is 0 Å². The molecule has 1 fully saturated rings. The number of hydrogen-bond donors (Lipinski definition) is 0. The maximum absolute atomic E-state index is 11.7. The van der Waals surface area contributed by atoms with Crippen LogP contribution in [0.4, 0.5) is 0 Å². The van der Waals surface area contributed by atoms with E-state index in [-0.39, 0.29) is 5.97 Å². The Balaban J connectivity index is 1.93. The van der Waals surface area contributed by atoms with Gasteiger partial charge in [0.15, 0.2) is 0 Å². The van der Waals surface area contributed by atoms with E-state index in [1.54, 1.807) is 0 Å². The van der Waals surface area contributed by atoms with Gasteiger partial charge in [0.25, 0.3) is 0 Å². The summed E-state index contributed by atoms with van der Waals surface area (Å²) in [5.74, 6) is 1.59. The predicted octanol–water partition coefficient (Wildman–Crippen LogP) is 6.96. The van der Waals surface area contributed by atoms with Gasteiger partial charge < -0.3 is 4.74 Å². The maximum atomic E-state index is 11.7. The van der Waals surface area contributed by atoms with Crippen LogP contribution >= 0.6 is 0 Å². The topological polar surface area (TPSA) is 26.3 Å². The van der Waals surface area contributed by atoms with Crippen LogP contribution < -0.4 is 0 Å². The zero-order chi connectivity index (χ0) is 17.5. The number of esters is 1. The summed E-state index contributed by atoms with van der Waals surface area (Å²) >= 11 is 0. The Morgan fingerprint density at radius 3 is 2.42 bits per heavy atom. The summed E-state index contributed by atoms with van der Waals surface area (Å²) in [6, 6.07) is 0. The summed E-state index contributed by atoms with van der Waals surface area (Å²) in [5.41, 5.74) is 0. The van der Waals surface area contributed by atoms with Crippen LogP contribution in [0.25, 0.3) is 0 Å². The van der Waals surface area contributed by atoms with E-state index in [4.69, 9.17) is 4.74 Å². The molecule has 0 aromatic carbocycles. The lowest BCUT2D eigenvalue weighted by molar-refractivity contribution is -0.138. The fourth-order valence-electron chi connectivity index (χ4n) is 3.24. The highest BCUT2D eigenvalue weighted by Gasteiger charge is 2.35. The average molecular weight is 335 g/mol. The molecule has 2 atom stereocenters. The summed E-state index contributed by atoms with van der Waals surface area (Å²) in [6.07, 6.45) is 23.4. The molecule has 0 heterocycles. The van der Waals surface area contributed by atoms with Gasteiger partial charge >= 0.3 is 5.97 Å². The Labute approximate surface area is 149 Å². The predicted molar refractivity (Wildman–Crippen MR) is 103 cm³/mol. The van der Waals surface area contributed by atoms with Crippen LogP contribution in [-0.4, -0.2) is 5.97 Å². The molecular formula is C22H38O2. The van der Waals surface area contributed by atoms with Crippen molar-refractivity contribution in [2.24, 2.45) is 11.8 Å². The van der Waals surface area contributed by atoms with Gasteiger partial charge in [-0.15, -0.1) is 0 Å². The van der Waals surface area contributed by atoms with Crippen molar-refractivity contribution in [2.45, 2.75) is 97.3 Å². The van der Waals surface area contributed by atoms with Crippen molar-refractivity contribution in [1.82, 2.24) is 0 Å². The number of carbonyl (C=O) groups excluding carboxylic acids is 1. The molecule has 0 amide bonds. The lowest BCUT2D eigenvalue weighted by Gasteiger charge is -2.01. The normalized spacial score (nSPS) is 20.1. The zero-order valence-corrected chi connectivity index (χ0v) is 16.0. The van der Waals surface area contributed by atoms with E-state index >= 15 is 0 Å². The second-order valence-corrected chi connectivity index (χ2v) is 7.24. The van der Waals surface area contributed by atoms with Crippen LogP contribution in [0.15, 0.2) is 24.5 Å². The van der Waals surface area contributed by atoms with E-state index in [9.17, 15) is 4.79 Å². The largest absolute Gasteiger partial charge is 0.434 e. The molecule has 2 nitrogen and oxygen atoms in total. The lowest BCUT2D eigenvalue weighted by atomic mass is 10.1. The Morgan fingerprint density at radius 2 is 1.62 bits per heavy atom. The van der Waals surface area contributed by atoms with Gasteiger partial charge in [-0.2, -0.15) is 0 Å². The van der Waals surface area contributed by atoms with Gasteiger partial charge in [-0.05, 0) is 43.6 Å².